The average Bonchev–Trinajstić information content (AvgIpc) is 2.80. The Morgan fingerprint density at radius 3 is 2.68 bits per heavy atom. The second-order valence-electron chi connectivity index (χ2n) is 4.72. The highest BCUT2D eigenvalue weighted by atomic mass is 35.5. The molecule has 0 aromatic carbocycles. The van der Waals surface area contributed by atoms with Gasteiger partial charge in [0.1, 0.15) is 6.33 Å². The summed E-state index contributed by atoms with van der Waals surface area (Å²) < 4.78 is 1.62. The van der Waals surface area contributed by atoms with E-state index in [0.717, 1.165) is 0 Å². The number of aromatic nitrogens is 5. The molecule has 2 aromatic rings. The second kappa shape index (κ2) is 5.10. The number of nitrogens with one attached hydrogen (secondary N) is 1. The molecule has 0 spiro atoms. The van der Waals surface area contributed by atoms with Crippen molar-refractivity contribution in [1.82, 2.24) is 24.5 Å². The minimum Gasteiger partial charge on any atom is -0.391 e. The third kappa shape index (κ3) is 3.18. The fourth-order valence-electron chi connectivity index (χ4n) is 1.28. The maximum atomic E-state index is 9.68. The minimum atomic E-state index is -0.586. The van der Waals surface area contributed by atoms with Crippen molar-refractivity contribution in [3.8, 4) is 5.95 Å². The third-order valence-corrected chi connectivity index (χ3v) is 2.98. The average molecular weight is 283 g/mol. The van der Waals surface area contributed by atoms with Crippen LogP contribution >= 0.6 is 11.6 Å². The van der Waals surface area contributed by atoms with Gasteiger partial charge in [-0.15, -0.1) is 0 Å². The highest BCUT2D eigenvalue weighted by Crippen LogP contribution is 2.17. The lowest BCUT2D eigenvalue weighted by molar-refractivity contribution is 0.132. The molecule has 2 aromatic heterocycles. The van der Waals surface area contributed by atoms with Crippen molar-refractivity contribution in [2.75, 3.05) is 5.32 Å². The zero-order valence-corrected chi connectivity index (χ0v) is 11.6. The largest absolute Gasteiger partial charge is 0.391 e. The molecule has 0 aliphatic heterocycles. The molecule has 0 bridgehead atoms. The van der Waals surface area contributed by atoms with Crippen molar-refractivity contribution in [2.24, 2.45) is 0 Å². The van der Waals surface area contributed by atoms with Gasteiger partial charge in [-0.05, 0) is 32.4 Å². The van der Waals surface area contributed by atoms with Crippen molar-refractivity contribution >= 4 is 17.5 Å². The topological polar surface area (TPSA) is 88.8 Å². The number of anilines is 1. The summed E-state index contributed by atoms with van der Waals surface area (Å²) in [6.07, 6.45) is 4.30. The van der Waals surface area contributed by atoms with Gasteiger partial charge in [-0.3, -0.25) is 4.57 Å². The van der Waals surface area contributed by atoms with Crippen molar-refractivity contribution in [3.63, 3.8) is 0 Å². The van der Waals surface area contributed by atoms with Crippen LogP contribution in [0.15, 0.2) is 18.7 Å². The molecule has 0 radical (unpaired) electrons. The molecule has 2 N–H and O–H groups in total. The summed E-state index contributed by atoms with van der Waals surface area (Å²) >= 11 is 5.88. The summed E-state index contributed by atoms with van der Waals surface area (Å²) in [7, 11) is 0. The van der Waals surface area contributed by atoms with E-state index in [4.69, 9.17) is 11.6 Å². The standard InChI is InChI=1S/C11H15ClN6O/c1-7(19)11(2,3)17-9-14-8(12)15-10(16-9)18-5-4-13-6-18/h4-7,19H,1-3H3,(H,14,15,16,17). The van der Waals surface area contributed by atoms with Gasteiger partial charge in [0.2, 0.25) is 17.2 Å². The van der Waals surface area contributed by atoms with Crippen LogP contribution in [0, 0.1) is 0 Å². The number of aliphatic hydroxyl groups excluding tert-OH is 1. The lowest BCUT2D eigenvalue weighted by Gasteiger charge is -2.29. The summed E-state index contributed by atoms with van der Waals surface area (Å²) in [6.45, 7) is 5.37. The first-order valence-electron chi connectivity index (χ1n) is 5.74. The summed E-state index contributed by atoms with van der Waals surface area (Å²) in [4.78, 5) is 16.2. The molecule has 2 rings (SSSR count). The van der Waals surface area contributed by atoms with E-state index < -0.39 is 11.6 Å². The fourth-order valence-corrected chi connectivity index (χ4v) is 1.44. The third-order valence-electron chi connectivity index (χ3n) is 2.81. The lowest BCUT2D eigenvalue weighted by atomic mass is 9.99. The summed E-state index contributed by atoms with van der Waals surface area (Å²) in [6, 6.07) is 0. The van der Waals surface area contributed by atoms with E-state index in [0.29, 0.717) is 11.9 Å². The van der Waals surface area contributed by atoms with Crippen molar-refractivity contribution in [3.05, 3.63) is 24.0 Å². The molecular formula is C11H15ClN6O. The molecule has 8 heteroatoms. The molecule has 102 valence electrons. The van der Waals surface area contributed by atoms with Crippen LogP contribution in [0.4, 0.5) is 5.95 Å². The molecular weight excluding hydrogens is 268 g/mol. The number of imidazole rings is 1. The van der Waals surface area contributed by atoms with Gasteiger partial charge in [0.25, 0.3) is 0 Å². The van der Waals surface area contributed by atoms with Gasteiger partial charge in [-0.1, -0.05) is 0 Å². The number of hydrogen-bond donors (Lipinski definition) is 2. The van der Waals surface area contributed by atoms with Gasteiger partial charge < -0.3 is 10.4 Å². The van der Waals surface area contributed by atoms with Crippen LogP contribution in [-0.2, 0) is 0 Å². The Morgan fingerprint density at radius 2 is 2.11 bits per heavy atom. The van der Waals surface area contributed by atoms with Gasteiger partial charge in [-0.25, -0.2) is 4.98 Å². The molecule has 0 amide bonds. The van der Waals surface area contributed by atoms with Crippen LogP contribution in [0.25, 0.3) is 5.95 Å². The van der Waals surface area contributed by atoms with Crippen molar-refractivity contribution < 1.29 is 5.11 Å². The highest BCUT2D eigenvalue weighted by Gasteiger charge is 2.25. The van der Waals surface area contributed by atoms with Crippen LogP contribution in [0.3, 0.4) is 0 Å². The smallest absolute Gasteiger partial charge is 0.241 e. The van der Waals surface area contributed by atoms with E-state index in [1.807, 2.05) is 13.8 Å². The second-order valence-corrected chi connectivity index (χ2v) is 5.06. The zero-order valence-electron chi connectivity index (χ0n) is 10.9. The van der Waals surface area contributed by atoms with Crippen molar-refractivity contribution in [1.29, 1.82) is 0 Å². The number of rotatable bonds is 4. The maximum Gasteiger partial charge on any atom is 0.241 e. The van der Waals surface area contributed by atoms with E-state index in [1.54, 1.807) is 30.2 Å². The predicted molar refractivity (Wildman–Crippen MR) is 71.3 cm³/mol. The Morgan fingerprint density at radius 1 is 1.37 bits per heavy atom. The Kier molecular flexibility index (Phi) is 3.68. The summed E-state index contributed by atoms with van der Waals surface area (Å²) in [5.74, 6) is 0.663. The molecule has 2 heterocycles. The number of hydrogen-bond acceptors (Lipinski definition) is 6. The van der Waals surface area contributed by atoms with Crippen LogP contribution in [0.5, 0.6) is 0 Å². The van der Waals surface area contributed by atoms with Crippen LogP contribution in [-0.4, -0.2) is 41.3 Å². The first kappa shape index (κ1) is 13.7. The Bertz CT molecular complexity index is 554. The lowest BCUT2D eigenvalue weighted by Crippen LogP contribution is -2.42. The van der Waals surface area contributed by atoms with E-state index in [9.17, 15) is 5.11 Å². The first-order valence-corrected chi connectivity index (χ1v) is 6.12. The molecule has 19 heavy (non-hydrogen) atoms. The maximum absolute atomic E-state index is 9.68. The molecule has 0 fully saturated rings. The van der Waals surface area contributed by atoms with Gasteiger partial charge in [0.15, 0.2) is 0 Å². The van der Waals surface area contributed by atoms with Crippen LogP contribution in [0.1, 0.15) is 20.8 Å². The van der Waals surface area contributed by atoms with Crippen LogP contribution < -0.4 is 5.32 Å². The predicted octanol–water partition coefficient (Wildman–Crippen LogP) is 1.28. The van der Waals surface area contributed by atoms with E-state index >= 15 is 0 Å². The zero-order chi connectivity index (χ0) is 14.0. The van der Waals surface area contributed by atoms with E-state index in [-0.39, 0.29) is 5.28 Å². The SMILES string of the molecule is CC(O)C(C)(C)Nc1nc(Cl)nc(-n2ccnc2)n1. The molecule has 1 unspecified atom stereocenters. The number of aliphatic hydroxyl groups is 1. The summed E-state index contributed by atoms with van der Waals surface area (Å²) in [5, 5.41) is 12.8. The van der Waals surface area contributed by atoms with Gasteiger partial charge in [-0.2, -0.15) is 15.0 Å². The van der Waals surface area contributed by atoms with Gasteiger partial charge in [0.05, 0.1) is 11.6 Å². The van der Waals surface area contributed by atoms with Gasteiger partial charge in [0, 0.05) is 12.4 Å². The number of nitrogens with zero attached hydrogens (tertiary/aromatic N) is 5. The van der Waals surface area contributed by atoms with Crippen LogP contribution in [0.2, 0.25) is 5.28 Å². The minimum absolute atomic E-state index is 0.0718. The Hall–Kier alpha value is -1.73. The molecule has 0 saturated carbocycles. The van der Waals surface area contributed by atoms with E-state index in [1.165, 1.54) is 0 Å². The van der Waals surface area contributed by atoms with E-state index in [2.05, 4.69) is 25.3 Å². The Balaban J connectivity index is 2.32. The highest BCUT2D eigenvalue weighted by molar-refractivity contribution is 6.28. The molecule has 7 nitrogen and oxygen atoms in total. The molecule has 0 aliphatic carbocycles. The summed E-state index contributed by atoms with van der Waals surface area (Å²) in [5.41, 5.74) is -0.586. The Labute approximate surface area is 115 Å². The normalized spacial score (nSPS) is 13.3. The molecule has 0 aliphatic rings. The number of halogens is 1. The van der Waals surface area contributed by atoms with Gasteiger partial charge >= 0.3 is 0 Å². The molecule has 1 atom stereocenters. The monoisotopic (exact) mass is 282 g/mol. The fraction of sp³-hybridized carbons (Fsp3) is 0.455. The first-order chi connectivity index (χ1) is 8.88. The quantitative estimate of drug-likeness (QED) is 0.878. The molecule has 0 saturated heterocycles. The van der Waals surface area contributed by atoms with Crippen molar-refractivity contribution in [2.45, 2.75) is 32.4 Å².